The van der Waals surface area contributed by atoms with Crippen molar-refractivity contribution < 1.29 is 9.21 Å². The zero-order valence-electron chi connectivity index (χ0n) is 15.1. The molecule has 0 aliphatic rings. The standard InChI is InChI=1S/C21H20N4O2/c1-2-12-22-19(26)14-25-13-17(16-10-6-7-11-18(16)25)21-24-23-20(27-21)15-8-4-3-5-9-15/h3-11,13H,2,12,14H2,1H3,(H,22,26). The summed E-state index contributed by atoms with van der Waals surface area (Å²) in [5.41, 5.74) is 2.65. The van der Waals surface area contributed by atoms with Gasteiger partial charge in [0.2, 0.25) is 17.7 Å². The van der Waals surface area contributed by atoms with Gasteiger partial charge < -0.3 is 14.3 Å². The number of aromatic nitrogens is 3. The fraction of sp³-hybridized carbons (Fsp3) is 0.190. The van der Waals surface area contributed by atoms with Crippen LogP contribution in [0.4, 0.5) is 0 Å². The van der Waals surface area contributed by atoms with Crippen LogP contribution in [-0.4, -0.2) is 27.2 Å². The van der Waals surface area contributed by atoms with E-state index in [9.17, 15) is 4.79 Å². The van der Waals surface area contributed by atoms with Crippen molar-refractivity contribution in [2.24, 2.45) is 0 Å². The van der Waals surface area contributed by atoms with Crippen LogP contribution >= 0.6 is 0 Å². The van der Waals surface area contributed by atoms with Crippen LogP contribution in [-0.2, 0) is 11.3 Å². The highest BCUT2D eigenvalue weighted by Crippen LogP contribution is 2.31. The van der Waals surface area contributed by atoms with Gasteiger partial charge in [-0.3, -0.25) is 4.79 Å². The number of hydrogen-bond donors (Lipinski definition) is 1. The fourth-order valence-electron chi connectivity index (χ4n) is 3.05. The van der Waals surface area contributed by atoms with Gasteiger partial charge in [-0.25, -0.2) is 0 Å². The topological polar surface area (TPSA) is 73.0 Å². The lowest BCUT2D eigenvalue weighted by Gasteiger charge is -2.05. The molecule has 0 saturated carbocycles. The molecule has 6 heteroatoms. The third-order valence-electron chi connectivity index (χ3n) is 4.35. The molecule has 136 valence electrons. The number of carbonyl (C=O) groups excluding carboxylic acids is 1. The summed E-state index contributed by atoms with van der Waals surface area (Å²) in [5.74, 6) is 0.903. The van der Waals surface area contributed by atoms with E-state index in [2.05, 4.69) is 15.5 Å². The Bertz CT molecular complexity index is 1070. The van der Waals surface area contributed by atoms with Gasteiger partial charge >= 0.3 is 0 Å². The van der Waals surface area contributed by atoms with Gasteiger partial charge in [0.1, 0.15) is 6.54 Å². The van der Waals surface area contributed by atoms with Crippen molar-refractivity contribution in [1.29, 1.82) is 0 Å². The summed E-state index contributed by atoms with van der Waals surface area (Å²) >= 11 is 0. The first kappa shape index (κ1) is 17.0. The normalized spacial score (nSPS) is 11.0. The van der Waals surface area contributed by atoms with Crippen molar-refractivity contribution in [3.63, 3.8) is 0 Å². The number of nitrogens with one attached hydrogen (secondary N) is 1. The second-order valence-electron chi connectivity index (χ2n) is 6.32. The number of benzene rings is 2. The number of amides is 1. The number of carbonyl (C=O) groups is 1. The molecule has 0 aliphatic heterocycles. The summed E-state index contributed by atoms with van der Waals surface area (Å²) in [4.78, 5) is 12.2. The second-order valence-corrected chi connectivity index (χ2v) is 6.32. The van der Waals surface area contributed by atoms with Gasteiger partial charge in [-0.05, 0) is 24.6 Å². The number of rotatable bonds is 6. The van der Waals surface area contributed by atoms with E-state index in [4.69, 9.17) is 4.42 Å². The molecule has 2 aromatic carbocycles. The van der Waals surface area contributed by atoms with Crippen molar-refractivity contribution >= 4 is 16.8 Å². The van der Waals surface area contributed by atoms with Crippen molar-refractivity contribution in [3.8, 4) is 22.9 Å². The molecule has 0 fully saturated rings. The molecule has 0 radical (unpaired) electrons. The quantitative estimate of drug-likeness (QED) is 0.566. The maximum atomic E-state index is 12.2. The molecule has 4 rings (SSSR count). The molecule has 4 aromatic rings. The molecule has 1 N–H and O–H groups in total. The van der Waals surface area contributed by atoms with E-state index in [1.54, 1.807) is 0 Å². The summed E-state index contributed by atoms with van der Waals surface area (Å²) in [6, 6.07) is 17.6. The molecule has 2 aromatic heterocycles. The molecular weight excluding hydrogens is 340 g/mol. The van der Waals surface area contributed by atoms with E-state index in [1.165, 1.54) is 0 Å². The SMILES string of the molecule is CCCNC(=O)Cn1cc(-c2nnc(-c3ccccc3)o2)c2ccccc21. The van der Waals surface area contributed by atoms with Crippen LogP contribution in [0.5, 0.6) is 0 Å². The van der Waals surface area contributed by atoms with E-state index in [1.807, 2.05) is 72.3 Å². The van der Waals surface area contributed by atoms with Crippen molar-refractivity contribution in [2.45, 2.75) is 19.9 Å². The molecule has 0 spiro atoms. The van der Waals surface area contributed by atoms with Gasteiger partial charge in [-0.15, -0.1) is 10.2 Å². The summed E-state index contributed by atoms with van der Waals surface area (Å²) in [7, 11) is 0. The average Bonchev–Trinajstić information content (AvgIpc) is 3.33. The number of fused-ring (bicyclic) bond motifs is 1. The summed E-state index contributed by atoms with van der Waals surface area (Å²) < 4.78 is 7.83. The Kier molecular flexibility index (Phi) is 4.70. The lowest BCUT2D eigenvalue weighted by molar-refractivity contribution is -0.121. The Morgan fingerprint density at radius 2 is 1.78 bits per heavy atom. The molecule has 0 aliphatic carbocycles. The van der Waals surface area contributed by atoms with E-state index < -0.39 is 0 Å². The van der Waals surface area contributed by atoms with Gasteiger partial charge in [0.05, 0.1) is 5.56 Å². The average molecular weight is 360 g/mol. The lowest BCUT2D eigenvalue weighted by Crippen LogP contribution is -2.27. The van der Waals surface area contributed by atoms with E-state index in [0.717, 1.165) is 28.5 Å². The maximum absolute atomic E-state index is 12.2. The van der Waals surface area contributed by atoms with Crippen molar-refractivity contribution in [1.82, 2.24) is 20.1 Å². The van der Waals surface area contributed by atoms with Crippen LogP contribution in [0, 0.1) is 0 Å². The number of para-hydroxylation sites is 1. The zero-order chi connectivity index (χ0) is 18.6. The largest absolute Gasteiger partial charge is 0.416 e. The van der Waals surface area contributed by atoms with Crippen LogP contribution in [0.15, 0.2) is 65.2 Å². The van der Waals surface area contributed by atoms with Crippen LogP contribution in [0.25, 0.3) is 33.8 Å². The van der Waals surface area contributed by atoms with Gasteiger partial charge in [0.25, 0.3) is 0 Å². The minimum Gasteiger partial charge on any atom is -0.416 e. The molecule has 0 atom stereocenters. The molecule has 0 saturated heterocycles. The summed E-state index contributed by atoms with van der Waals surface area (Å²) in [6.45, 7) is 2.96. The minimum atomic E-state index is -0.0142. The predicted octanol–water partition coefficient (Wildman–Crippen LogP) is 3.88. The Hall–Kier alpha value is -3.41. The monoisotopic (exact) mass is 360 g/mol. The van der Waals surface area contributed by atoms with Gasteiger partial charge in [0, 0.05) is 29.2 Å². The highest BCUT2D eigenvalue weighted by molar-refractivity contribution is 5.95. The van der Waals surface area contributed by atoms with Crippen molar-refractivity contribution in [2.75, 3.05) is 6.54 Å². The number of hydrogen-bond acceptors (Lipinski definition) is 4. The summed E-state index contributed by atoms with van der Waals surface area (Å²) in [6.07, 6.45) is 2.81. The van der Waals surface area contributed by atoms with Gasteiger partial charge in [-0.1, -0.05) is 43.3 Å². The van der Waals surface area contributed by atoms with Gasteiger partial charge in [-0.2, -0.15) is 0 Å². The first-order chi connectivity index (χ1) is 13.3. The first-order valence-corrected chi connectivity index (χ1v) is 9.00. The van der Waals surface area contributed by atoms with Crippen LogP contribution in [0.1, 0.15) is 13.3 Å². The Morgan fingerprint density at radius 3 is 2.59 bits per heavy atom. The third kappa shape index (κ3) is 3.46. The Morgan fingerprint density at radius 1 is 1.04 bits per heavy atom. The Labute approximate surface area is 156 Å². The molecular formula is C21H20N4O2. The molecule has 27 heavy (non-hydrogen) atoms. The van der Waals surface area contributed by atoms with Crippen LogP contribution < -0.4 is 5.32 Å². The molecule has 6 nitrogen and oxygen atoms in total. The van der Waals surface area contributed by atoms with Gasteiger partial charge in [0.15, 0.2) is 0 Å². The first-order valence-electron chi connectivity index (χ1n) is 9.00. The zero-order valence-corrected chi connectivity index (χ0v) is 15.1. The Balaban J connectivity index is 1.70. The van der Waals surface area contributed by atoms with E-state index in [0.29, 0.717) is 18.3 Å². The molecule has 2 heterocycles. The fourth-order valence-corrected chi connectivity index (χ4v) is 3.05. The minimum absolute atomic E-state index is 0.0142. The maximum Gasteiger partial charge on any atom is 0.250 e. The lowest BCUT2D eigenvalue weighted by atomic mass is 10.2. The third-order valence-corrected chi connectivity index (χ3v) is 4.35. The molecule has 0 unspecified atom stereocenters. The van der Waals surface area contributed by atoms with Crippen LogP contribution in [0.2, 0.25) is 0 Å². The second kappa shape index (κ2) is 7.45. The molecule has 1 amide bonds. The molecule has 0 bridgehead atoms. The summed E-state index contributed by atoms with van der Waals surface area (Å²) in [5, 5.41) is 12.3. The van der Waals surface area contributed by atoms with Crippen LogP contribution in [0.3, 0.4) is 0 Å². The van der Waals surface area contributed by atoms with E-state index >= 15 is 0 Å². The predicted molar refractivity (Wildman–Crippen MR) is 104 cm³/mol. The number of nitrogens with zero attached hydrogens (tertiary/aromatic N) is 3. The van der Waals surface area contributed by atoms with E-state index in [-0.39, 0.29) is 12.5 Å². The van der Waals surface area contributed by atoms with Crippen molar-refractivity contribution in [3.05, 3.63) is 60.8 Å². The smallest absolute Gasteiger partial charge is 0.250 e. The highest BCUT2D eigenvalue weighted by Gasteiger charge is 2.17. The highest BCUT2D eigenvalue weighted by atomic mass is 16.4.